The summed E-state index contributed by atoms with van der Waals surface area (Å²) in [5.74, 6) is -0.373. The van der Waals surface area contributed by atoms with Crippen molar-refractivity contribution >= 4 is 28.6 Å². The third-order valence-electron chi connectivity index (χ3n) is 3.05. The van der Waals surface area contributed by atoms with Crippen LogP contribution in [0.3, 0.4) is 0 Å². The van der Waals surface area contributed by atoms with E-state index < -0.39 is 0 Å². The van der Waals surface area contributed by atoms with Crippen LogP contribution in [-0.2, 0) is 6.54 Å². The largest absolute Gasteiger partial charge is 0.346 e. The molecule has 0 saturated carbocycles. The first-order valence-electron chi connectivity index (χ1n) is 6.67. The van der Waals surface area contributed by atoms with Gasteiger partial charge in [-0.3, -0.25) is 4.79 Å². The van der Waals surface area contributed by atoms with E-state index in [9.17, 15) is 9.18 Å². The topological polar surface area (TPSA) is 42.0 Å². The molecule has 2 heterocycles. The number of carbonyl (C=O) groups is 1. The van der Waals surface area contributed by atoms with Crippen LogP contribution >= 0.6 is 22.7 Å². The Morgan fingerprint density at radius 1 is 1.18 bits per heavy atom. The molecular weight excluding hydrogens is 319 g/mol. The number of thiophene rings is 1. The van der Waals surface area contributed by atoms with Crippen LogP contribution in [0.5, 0.6) is 0 Å². The number of rotatable bonds is 4. The second-order valence-electron chi connectivity index (χ2n) is 4.70. The number of nitrogens with one attached hydrogen (secondary N) is 1. The van der Waals surface area contributed by atoms with E-state index in [-0.39, 0.29) is 11.7 Å². The number of nitrogens with zero attached hydrogens (tertiary/aromatic N) is 1. The maximum atomic E-state index is 12.9. The molecule has 1 N–H and O–H groups in total. The first kappa shape index (κ1) is 14.9. The summed E-state index contributed by atoms with van der Waals surface area (Å²) in [5.41, 5.74) is 0.906. The number of aromatic nitrogens is 1. The fourth-order valence-corrected chi connectivity index (χ4v) is 3.63. The Hall–Kier alpha value is -2.05. The van der Waals surface area contributed by atoms with E-state index in [0.29, 0.717) is 11.4 Å². The van der Waals surface area contributed by atoms with Crippen molar-refractivity contribution in [2.24, 2.45) is 0 Å². The number of carbonyl (C=O) groups excluding carboxylic acids is 1. The van der Waals surface area contributed by atoms with Crippen molar-refractivity contribution in [1.82, 2.24) is 10.3 Å². The van der Waals surface area contributed by atoms with Crippen molar-refractivity contribution in [3.05, 3.63) is 63.2 Å². The van der Waals surface area contributed by atoms with E-state index in [1.54, 1.807) is 35.7 Å². The minimum absolute atomic E-state index is 0.107. The van der Waals surface area contributed by atoms with Crippen molar-refractivity contribution in [3.63, 3.8) is 0 Å². The number of hydrogen-bond acceptors (Lipinski definition) is 4. The molecule has 2 aromatic heterocycles. The first-order valence-corrected chi connectivity index (χ1v) is 8.30. The lowest BCUT2D eigenvalue weighted by atomic mass is 10.2. The zero-order chi connectivity index (χ0) is 15.5. The van der Waals surface area contributed by atoms with Crippen molar-refractivity contribution in [3.8, 4) is 10.4 Å². The van der Waals surface area contributed by atoms with Crippen LogP contribution in [0.2, 0.25) is 0 Å². The summed E-state index contributed by atoms with van der Waals surface area (Å²) in [6.45, 7) is 2.42. The summed E-state index contributed by atoms with van der Waals surface area (Å²) >= 11 is 2.96. The van der Waals surface area contributed by atoms with E-state index in [1.165, 1.54) is 23.5 Å². The molecule has 22 heavy (non-hydrogen) atoms. The predicted octanol–water partition coefficient (Wildman–Crippen LogP) is 4.25. The molecule has 0 fully saturated rings. The smallest absolute Gasteiger partial charge is 0.261 e. The van der Waals surface area contributed by atoms with Gasteiger partial charge >= 0.3 is 0 Å². The number of aryl methyl sites for hydroxylation is 1. The molecule has 3 aromatic rings. The number of amides is 1. The highest BCUT2D eigenvalue weighted by atomic mass is 32.1. The predicted molar refractivity (Wildman–Crippen MR) is 87.7 cm³/mol. The molecule has 112 valence electrons. The number of thiazole rings is 1. The Labute approximate surface area is 135 Å². The monoisotopic (exact) mass is 332 g/mol. The van der Waals surface area contributed by atoms with Crippen molar-refractivity contribution in [2.45, 2.75) is 13.5 Å². The van der Waals surface area contributed by atoms with Gasteiger partial charge in [-0.2, -0.15) is 0 Å². The molecule has 0 radical (unpaired) electrons. The summed E-state index contributed by atoms with van der Waals surface area (Å²) in [6, 6.07) is 9.92. The quantitative estimate of drug-likeness (QED) is 0.776. The van der Waals surface area contributed by atoms with Crippen LogP contribution in [0.1, 0.15) is 19.6 Å². The van der Waals surface area contributed by atoms with Gasteiger partial charge in [0, 0.05) is 16.0 Å². The van der Waals surface area contributed by atoms with Gasteiger partial charge in [-0.15, -0.1) is 22.7 Å². The molecule has 0 atom stereocenters. The first-order chi connectivity index (χ1) is 10.6. The van der Waals surface area contributed by atoms with Gasteiger partial charge in [-0.25, -0.2) is 9.37 Å². The van der Waals surface area contributed by atoms with E-state index in [0.717, 1.165) is 20.3 Å². The molecule has 0 bridgehead atoms. The highest BCUT2D eigenvalue weighted by Crippen LogP contribution is 2.28. The van der Waals surface area contributed by atoms with Gasteiger partial charge in [0.15, 0.2) is 0 Å². The normalized spacial score (nSPS) is 10.6. The van der Waals surface area contributed by atoms with Gasteiger partial charge in [-0.05, 0) is 36.8 Å². The SMILES string of the molecule is Cc1ncc(CNC(=O)c2ccc(-c3ccc(F)cc3)s2)s1. The molecule has 3 nitrogen and oxygen atoms in total. The zero-order valence-corrected chi connectivity index (χ0v) is 13.4. The third kappa shape index (κ3) is 3.40. The van der Waals surface area contributed by atoms with Crippen LogP contribution in [0, 0.1) is 12.7 Å². The van der Waals surface area contributed by atoms with Crippen molar-refractivity contribution in [2.75, 3.05) is 0 Å². The lowest BCUT2D eigenvalue weighted by Crippen LogP contribution is -2.21. The zero-order valence-electron chi connectivity index (χ0n) is 11.8. The van der Waals surface area contributed by atoms with Crippen molar-refractivity contribution in [1.29, 1.82) is 0 Å². The summed E-state index contributed by atoms with van der Waals surface area (Å²) in [7, 11) is 0. The molecule has 1 amide bonds. The Balaban J connectivity index is 1.67. The lowest BCUT2D eigenvalue weighted by Gasteiger charge is -2.00. The molecule has 6 heteroatoms. The summed E-state index contributed by atoms with van der Waals surface area (Å²) in [5, 5.41) is 3.87. The van der Waals surface area contributed by atoms with Crippen molar-refractivity contribution < 1.29 is 9.18 Å². The minimum Gasteiger partial charge on any atom is -0.346 e. The standard InChI is InChI=1S/C16H13FN2OS2/c1-10-18-8-13(21-10)9-19-16(20)15-7-6-14(22-15)11-2-4-12(17)5-3-11/h2-8H,9H2,1H3,(H,19,20). The van der Waals surface area contributed by atoms with Gasteiger partial charge < -0.3 is 5.32 Å². The molecule has 3 rings (SSSR count). The molecule has 0 aliphatic rings. The highest BCUT2D eigenvalue weighted by molar-refractivity contribution is 7.17. The lowest BCUT2D eigenvalue weighted by molar-refractivity contribution is 0.0955. The number of benzene rings is 1. The Morgan fingerprint density at radius 3 is 2.64 bits per heavy atom. The summed E-state index contributed by atoms with van der Waals surface area (Å²) < 4.78 is 12.9. The Morgan fingerprint density at radius 2 is 1.95 bits per heavy atom. The van der Waals surface area contributed by atoms with Gasteiger partial charge in [0.25, 0.3) is 5.91 Å². The third-order valence-corrected chi connectivity index (χ3v) is 5.10. The second-order valence-corrected chi connectivity index (χ2v) is 7.10. The highest BCUT2D eigenvalue weighted by Gasteiger charge is 2.10. The summed E-state index contributed by atoms with van der Waals surface area (Å²) in [4.78, 5) is 18.9. The van der Waals surface area contributed by atoms with Gasteiger partial charge in [-0.1, -0.05) is 12.1 Å². The maximum Gasteiger partial charge on any atom is 0.261 e. The van der Waals surface area contributed by atoms with E-state index >= 15 is 0 Å². The van der Waals surface area contributed by atoms with Crippen LogP contribution in [0.25, 0.3) is 10.4 Å². The van der Waals surface area contributed by atoms with Crippen LogP contribution in [-0.4, -0.2) is 10.9 Å². The molecule has 1 aromatic carbocycles. The van der Waals surface area contributed by atoms with Crippen LogP contribution in [0.4, 0.5) is 4.39 Å². The fraction of sp³-hybridized carbons (Fsp3) is 0.125. The summed E-state index contributed by atoms with van der Waals surface area (Å²) in [6.07, 6.45) is 1.78. The van der Waals surface area contributed by atoms with Gasteiger partial charge in [0.05, 0.1) is 16.4 Å². The van der Waals surface area contributed by atoms with Gasteiger partial charge in [0.1, 0.15) is 5.82 Å². The Kier molecular flexibility index (Phi) is 4.31. The minimum atomic E-state index is -0.266. The molecule has 0 saturated heterocycles. The average Bonchev–Trinajstić information content (AvgIpc) is 3.15. The number of halogens is 1. The van der Waals surface area contributed by atoms with Crippen LogP contribution < -0.4 is 5.32 Å². The molecule has 0 spiro atoms. The maximum absolute atomic E-state index is 12.9. The molecule has 0 aliphatic carbocycles. The average molecular weight is 332 g/mol. The van der Waals surface area contributed by atoms with Gasteiger partial charge in [0.2, 0.25) is 0 Å². The molecule has 0 unspecified atom stereocenters. The molecular formula is C16H13FN2OS2. The molecule has 0 aliphatic heterocycles. The van der Waals surface area contributed by atoms with E-state index in [1.807, 2.05) is 13.0 Å². The second kappa shape index (κ2) is 6.37. The van der Waals surface area contributed by atoms with Crippen LogP contribution in [0.15, 0.2) is 42.6 Å². The Bertz CT molecular complexity index is 793. The van der Waals surface area contributed by atoms with E-state index in [2.05, 4.69) is 10.3 Å². The fourth-order valence-electron chi connectivity index (χ4n) is 1.97. The number of hydrogen-bond donors (Lipinski definition) is 1. The van der Waals surface area contributed by atoms with E-state index in [4.69, 9.17) is 0 Å².